The Labute approximate surface area is 99.7 Å². The number of aliphatic carboxylic acids is 1. The minimum Gasteiger partial charge on any atom is -0.478 e. The number of hydrogen-bond acceptors (Lipinski definition) is 3. The summed E-state index contributed by atoms with van der Waals surface area (Å²) >= 11 is 0. The lowest BCUT2D eigenvalue weighted by Crippen LogP contribution is -2.10. The third kappa shape index (κ3) is 8.83. The van der Waals surface area contributed by atoms with E-state index >= 15 is 0 Å². The second-order valence-electron chi connectivity index (χ2n) is 3.10. The molecule has 1 rings (SSSR count). The number of carboxylic acid groups (broad SMARTS) is 1. The summed E-state index contributed by atoms with van der Waals surface area (Å²) in [5, 5.41) is 7.89. The Kier molecular flexibility index (Phi) is 7.97. The van der Waals surface area contributed by atoms with Crippen molar-refractivity contribution in [1.82, 2.24) is 5.48 Å². The van der Waals surface area contributed by atoms with Crippen LogP contribution < -0.4 is 5.48 Å². The van der Waals surface area contributed by atoms with Gasteiger partial charge in [-0.2, -0.15) is 0 Å². The molecule has 0 saturated carbocycles. The Morgan fingerprint density at radius 1 is 1.47 bits per heavy atom. The molecule has 0 saturated heterocycles. The summed E-state index contributed by atoms with van der Waals surface area (Å²) in [4.78, 5) is 24.1. The maximum atomic E-state index is 9.76. The van der Waals surface area contributed by atoms with E-state index in [2.05, 4.69) is 12.1 Å². The standard InChI is InChI=1S/C8H9NO2.C4H6O2/c10-7-9-11-6-8-4-2-1-3-5-8;1-3(2)4(5)6/h1-5,7H,6H2,(H,9,10);1H2,2H3,(H,5,6). The van der Waals surface area contributed by atoms with E-state index in [4.69, 9.17) is 9.94 Å². The van der Waals surface area contributed by atoms with Crippen molar-refractivity contribution in [2.24, 2.45) is 0 Å². The van der Waals surface area contributed by atoms with Crippen LogP contribution in [0.4, 0.5) is 0 Å². The smallest absolute Gasteiger partial charge is 0.330 e. The molecule has 1 amide bonds. The molecule has 0 aliphatic carbocycles. The number of hydrogen-bond donors (Lipinski definition) is 2. The highest BCUT2D eigenvalue weighted by Gasteiger charge is 1.90. The molecule has 1 aromatic rings. The van der Waals surface area contributed by atoms with Crippen molar-refractivity contribution in [1.29, 1.82) is 0 Å². The topological polar surface area (TPSA) is 75.6 Å². The van der Waals surface area contributed by atoms with Crippen molar-refractivity contribution >= 4 is 12.4 Å². The van der Waals surface area contributed by atoms with Crippen molar-refractivity contribution in [2.45, 2.75) is 13.5 Å². The Balaban J connectivity index is 0.000000366. The summed E-state index contributed by atoms with van der Waals surface area (Å²) in [6.07, 6.45) is 0.503. The van der Waals surface area contributed by atoms with Gasteiger partial charge in [0.25, 0.3) is 0 Å². The highest BCUT2D eigenvalue weighted by molar-refractivity contribution is 5.84. The van der Waals surface area contributed by atoms with Crippen LogP contribution >= 0.6 is 0 Å². The summed E-state index contributed by atoms with van der Waals surface area (Å²) < 4.78 is 0. The van der Waals surface area contributed by atoms with Crippen LogP contribution in [0.1, 0.15) is 12.5 Å². The monoisotopic (exact) mass is 237 g/mol. The average Bonchev–Trinajstić information content (AvgIpc) is 2.31. The van der Waals surface area contributed by atoms with Gasteiger partial charge in [-0.1, -0.05) is 36.9 Å². The molecular formula is C12H15NO4. The fraction of sp³-hybridized carbons (Fsp3) is 0.167. The van der Waals surface area contributed by atoms with E-state index in [0.29, 0.717) is 13.0 Å². The zero-order valence-corrected chi connectivity index (χ0v) is 9.55. The zero-order chi connectivity index (χ0) is 13.1. The van der Waals surface area contributed by atoms with Gasteiger partial charge in [0.1, 0.15) is 0 Å². The van der Waals surface area contributed by atoms with E-state index < -0.39 is 5.97 Å². The van der Waals surface area contributed by atoms with Crippen molar-refractivity contribution in [3.8, 4) is 0 Å². The van der Waals surface area contributed by atoms with Crippen LogP contribution in [0.3, 0.4) is 0 Å². The predicted octanol–water partition coefficient (Wildman–Crippen LogP) is 1.51. The van der Waals surface area contributed by atoms with E-state index in [1.54, 1.807) is 0 Å². The van der Waals surface area contributed by atoms with Crippen LogP contribution in [0.15, 0.2) is 42.5 Å². The Morgan fingerprint density at radius 3 is 2.41 bits per heavy atom. The van der Waals surface area contributed by atoms with Gasteiger partial charge in [-0.3, -0.25) is 9.63 Å². The number of rotatable bonds is 5. The number of carbonyl (C=O) groups is 2. The fourth-order valence-corrected chi connectivity index (χ4v) is 0.733. The summed E-state index contributed by atoms with van der Waals surface area (Å²) in [5.41, 5.74) is 3.32. The summed E-state index contributed by atoms with van der Waals surface area (Å²) in [5.74, 6) is -0.935. The quantitative estimate of drug-likeness (QED) is 0.352. The molecule has 0 unspecified atom stereocenters. The first-order valence-corrected chi connectivity index (χ1v) is 4.81. The van der Waals surface area contributed by atoms with Crippen LogP contribution in [-0.4, -0.2) is 17.5 Å². The van der Waals surface area contributed by atoms with Crippen LogP contribution in [0.5, 0.6) is 0 Å². The molecule has 92 valence electrons. The van der Waals surface area contributed by atoms with Crippen LogP contribution in [0, 0.1) is 0 Å². The van der Waals surface area contributed by atoms with Crippen molar-refractivity contribution in [3.05, 3.63) is 48.0 Å². The predicted molar refractivity (Wildman–Crippen MR) is 62.9 cm³/mol. The summed E-state index contributed by atoms with van der Waals surface area (Å²) in [6.45, 7) is 5.00. The van der Waals surface area contributed by atoms with E-state index in [-0.39, 0.29) is 5.57 Å². The number of nitrogens with one attached hydrogen (secondary N) is 1. The number of amides is 1. The molecule has 1 aromatic carbocycles. The molecule has 0 aliphatic rings. The minimum atomic E-state index is -0.935. The van der Waals surface area contributed by atoms with Crippen molar-refractivity contribution in [2.75, 3.05) is 0 Å². The van der Waals surface area contributed by atoms with E-state index in [1.165, 1.54) is 6.92 Å². The molecule has 2 N–H and O–H groups in total. The molecule has 0 bridgehead atoms. The number of benzene rings is 1. The normalized spacial score (nSPS) is 8.53. The van der Waals surface area contributed by atoms with E-state index in [0.717, 1.165) is 5.56 Å². The molecule has 0 spiro atoms. The van der Waals surface area contributed by atoms with Gasteiger partial charge in [0.2, 0.25) is 6.41 Å². The molecule has 0 aliphatic heterocycles. The molecule has 0 aromatic heterocycles. The Morgan fingerprint density at radius 2 is 2.00 bits per heavy atom. The van der Waals surface area contributed by atoms with Gasteiger partial charge in [0.15, 0.2) is 0 Å². The molecule has 5 heteroatoms. The van der Waals surface area contributed by atoms with Gasteiger partial charge in [0.05, 0.1) is 6.61 Å². The van der Waals surface area contributed by atoms with Crippen molar-refractivity contribution in [3.63, 3.8) is 0 Å². The zero-order valence-electron chi connectivity index (χ0n) is 9.55. The largest absolute Gasteiger partial charge is 0.478 e. The first kappa shape index (κ1) is 14.9. The lowest BCUT2D eigenvalue weighted by Gasteiger charge is -1.99. The lowest BCUT2D eigenvalue weighted by molar-refractivity contribution is -0.132. The first-order chi connectivity index (χ1) is 8.07. The van der Waals surface area contributed by atoms with Gasteiger partial charge in [-0.05, 0) is 12.5 Å². The van der Waals surface area contributed by atoms with Crippen LogP contribution in [0.2, 0.25) is 0 Å². The molecular weight excluding hydrogens is 222 g/mol. The SMILES string of the molecule is C=C(C)C(=O)O.O=CNOCc1ccccc1. The highest BCUT2D eigenvalue weighted by Crippen LogP contribution is 1.98. The molecule has 0 heterocycles. The third-order valence-electron chi connectivity index (χ3n) is 1.58. The number of carbonyl (C=O) groups excluding carboxylic acids is 1. The fourth-order valence-electron chi connectivity index (χ4n) is 0.733. The van der Waals surface area contributed by atoms with E-state index in [1.807, 2.05) is 30.3 Å². The second kappa shape index (κ2) is 9.11. The average molecular weight is 237 g/mol. The molecule has 5 nitrogen and oxygen atoms in total. The van der Waals surface area contributed by atoms with Gasteiger partial charge in [-0.15, -0.1) is 0 Å². The van der Waals surface area contributed by atoms with Gasteiger partial charge < -0.3 is 5.11 Å². The molecule has 0 radical (unpaired) electrons. The molecule has 17 heavy (non-hydrogen) atoms. The van der Waals surface area contributed by atoms with Gasteiger partial charge >= 0.3 is 5.97 Å². The van der Waals surface area contributed by atoms with Gasteiger partial charge in [-0.25, -0.2) is 10.3 Å². The Bertz CT molecular complexity index is 350. The number of hydroxylamine groups is 1. The second-order valence-corrected chi connectivity index (χ2v) is 3.10. The van der Waals surface area contributed by atoms with E-state index in [9.17, 15) is 9.59 Å². The maximum absolute atomic E-state index is 9.76. The minimum absolute atomic E-state index is 0.176. The maximum Gasteiger partial charge on any atom is 0.330 e. The number of carboxylic acids is 1. The Hall–Kier alpha value is -2.14. The summed E-state index contributed by atoms with van der Waals surface area (Å²) in [6, 6.07) is 9.61. The lowest BCUT2D eigenvalue weighted by atomic mass is 10.2. The van der Waals surface area contributed by atoms with Gasteiger partial charge in [0, 0.05) is 5.57 Å². The highest BCUT2D eigenvalue weighted by atomic mass is 16.6. The third-order valence-corrected chi connectivity index (χ3v) is 1.58. The van der Waals surface area contributed by atoms with Crippen molar-refractivity contribution < 1.29 is 19.5 Å². The summed E-state index contributed by atoms with van der Waals surface area (Å²) in [7, 11) is 0. The molecule has 0 fully saturated rings. The van der Waals surface area contributed by atoms with Crippen LogP contribution in [0.25, 0.3) is 0 Å². The van der Waals surface area contributed by atoms with Crippen LogP contribution in [-0.2, 0) is 21.0 Å². The first-order valence-electron chi connectivity index (χ1n) is 4.81. The molecule has 0 atom stereocenters.